The summed E-state index contributed by atoms with van der Waals surface area (Å²) in [6.07, 6.45) is 0. The van der Waals surface area contributed by atoms with E-state index in [9.17, 15) is 0 Å². The van der Waals surface area contributed by atoms with Gasteiger partial charge in [0.1, 0.15) is 10.6 Å². The number of rotatable bonds is 7. The van der Waals surface area contributed by atoms with Crippen molar-refractivity contribution >= 4 is 33.3 Å². The van der Waals surface area contributed by atoms with E-state index < -0.39 is 0 Å². The highest BCUT2D eigenvalue weighted by Gasteiger charge is 2.08. The van der Waals surface area contributed by atoms with Crippen LogP contribution in [0.1, 0.15) is 4.88 Å². The minimum absolute atomic E-state index is 0.301. The lowest BCUT2D eigenvalue weighted by molar-refractivity contribution is 0.126. The largest absolute Gasteiger partial charge is 0.378 e. The molecule has 2 aromatic heterocycles. The zero-order chi connectivity index (χ0) is 14.5. The first kappa shape index (κ1) is 15.0. The van der Waals surface area contributed by atoms with Crippen molar-refractivity contribution in [1.29, 1.82) is 0 Å². The van der Waals surface area contributed by atoms with E-state index in [2.05, 4.69) is 33.2 Å². The first-order valence-electron chi connectivity index (χ1n) is 6.56. The van der Waals surface area contributed by atoms with Crippen molar-refractivity contribution in [3.05, 3.63) is 10.9 Å². The second-order valence-electron chi connectivity index (χ2n) is 4.85. The average Bonchev–Trinajstić information content (AvgIpc) is 2.73. The van der Waals surface area contributed by atoms with E-state index in [1.54, 1.807) is 11.3 Å². The maximum atomic E-state index is 5.73. The van der Waals surface area contributed by atoms with Crippen molar-refractivity contribution in [2.45, 2.75) is 6.92 Å². The quantitative estimate of drug-likeness (QED) is 0.755. The number of aromatic nitrogens is 2. The third-order valence-corrected chi connectivity index (χ3v) is 3.70. The molecule has 0 aliphatic heterocycles. The molecule has 2 aromatic rings. The molecule has 7 heteroatoms. The third-order valence-electron chi connectivity index (χ3n) is 2.75. The number of likely N-dealkylation sites (N-methyl/N-ethyl adjacent to an activating group) is 1. The molecule has 0 radical (unpaired) electrons. The van der Waals surface area contributed by atoms with Crippen molar-refractivity contribution in [2.24, 2.45) is 0 Å². The lowest BCUT2D eigenvalue weighted by Crippen LogP contribution is -2.20. The fourth-order valence-electron chi connectivity index (χ4n) is 1.78. The molecule has 0 atom stereocenters. The van der Waals surface area contributed by atoms with E-state index in [-0.39, 0.29) is 0 Å². The van der Waals surface area contributed by atoms with Gasteiger partial charge in [0.05, 0.1) is 18.6 Å². The van der Waals surface area contributed by atoms with E-state index in [0.29, 0.717) is 19.1 Å². The number of ether oxygens (including phenoxy) is 1. The summed E-state index contributed by atoms with van der Waals surface area (Å²) in [7, 11) is 4.06. The topological polar surface area (TPSA) is 76.3 Å². The van der Waals surface area contributed by atoms with Crippen LogP contribution in [-0.4, -0.2) is 55.3 Å². The summed E-state index contributed by atoms with van der Waals surface area (Å²) >= 11 is 1.62. The lowest BCUT2D eigenvalue weighted by Gasteiger charge is -2.11. The van der Waals surface area contributed by atoms with Crippen LogP contribution in [0.15, 0.2) is 6.07 Å². The van der Waals surface area contributed by atoms with Crippen molar-refractivity contribution in [3.8, 4) is 0 Å². The van der Waals surface area contributed by atoms with Crippen LogP contribution in [0.25, 0.3) is 10.2 Å². The summed E-state index contributed by atoms with van der Waals surface area (Å²) in [6, 6.07) is 2.08. The van der Waals surface area contributed by atoms with Gasteiger partial charge in [-0.25, -0.2) is 4.98 Å². The Hall–Kier alpha value is -1.44. The Bertz CT molecular complexity index is 569. The predicted molar refractivity (Wildman–Crippen MR) is 84.4 cm³/mol. The van der Waals surface area contributed by atoms with Crippen LogP contribution < -0.4 is 11.1 Å². The Morgan fingerprint density at radius 2 is 2.15 bits per heavy atom. The van der Waals surface area contributed by atoms with Gasteiger partial charge in [0, 0.05) is 18.0 Å². The number of nitrogen functional groups attached to an aromatic ring is 1. The SMILES string of the molecule is Cc1cc2c(NCCOCCN(C)C)nc(N)nc2s1. The molecular formula is C13H21N5OS. The number of nitrogens with two attached hydrogens (primary N) is 1. The number of hydrogen-bond donors (Lipinski definition) is 2. The van der Waals surface area contributed by atoms with Crippen molar-refractivity contribution < 1.29 is 4.74 Å². The van der Waals surface area contributed by atoms with Crippen LogP contribution in [-0.2, 0) is 4.74 Å². The van der Waals surface area contributed by atoms with Crippen molar-refractivity contribution in [2.75, 3.05) is 51.4 Å². The van der Waals surface area contributed by atoms with E-state index in [4.69, 9.17) is 10.5 Å². The normalized spacial score (nSPS) is 11.4. The van der Waals surface area contributed by atoms with Gasteiger partial charge in [-0.05, 0) is 27.1 Å². The lowest BCUT2D eigenvalue weighted by atomic mass is 10.3. The number of thiophene rings is 1. The molecular weight excluding hydrogens is 274 g/mol. The molecule has 6 nitrogen and oxygen atoms in total. The van der Waals surface area contributed by atoms with Gasteiger partial charge in [-0.2, -0.15) is 4.98 Å². The average molecular weight is 295 g/mol. The molecule has 0 fully saturated rings. The van der Waals surface area contributed by atoms with Gasteiger partial charge in [-0.3, -0.25) is 0 Å². The Labute approximate surface area is 123 Å². The number of hydrogen-bond acceptors (Lipinski definition) is 7. The monoisotopic (exact) mass is 295 g/mol. The molecule has 0 aliphatic rings. The highest BCUT2D eigenvalue weighted by molar-refractivity contribution is 7.18. The minimum Gasteiger partial charge on any atom is -0.378 e. The van der Waals surface area contributed by atoms with Gasteiger partial charge >= 0.3 is 0 Å². The maximum absolute atomic E-state index is 5.73. The molecule has 0 amide bonds. The van der Waals surface area contributed by atoms with Crippen LogP contribution >= 0.6 is 11.3 Å². The van der Waals surface area contributed by atoms with Crippen LogP contribution in [0.3, 0.4) is 0 Å². The van der Waals surface area contributed by atoms with Gasteiger partial charge < -0.3 is 20.7 Å². The predicted octanol–water partition coefficient (Wildman–Crippen LogP) is 1.57. The summed E-state index contributed by atoms with van der Waals surface area (Å²) in [4.78, 5) is 12.7. The van der Waals surface area contributed by atoms with Crippen molar-refractivity contribution in [3.63, 3.8) is 0 Å². The Morgan fingerprint density at radius 3 is 2.90 bits per heavy atom. The molecule has 0 saturated carbocycles. The first-order chi connectivity index (χ1) is 9.56. The van der Waals surface area contributed by atoms with Crippen LogP contribution in [0.4, 0.5) is 11.8 Å². The number of fused-ring (bicyclic) bond motifs is 1. The van der Waals surface area contributed by atoms with Gasteiger partial charge in [0.15, 0.2) is 0 Å². The van der Waals surface area contributed by atoms with Crippen LogP contribution in [0.5, 0.6) is 0 Å². The summed E-state index contributed by atoms with van der Waals surface area (Å²) in [5.74, 6) is 1.09. The zero-order valence-electron chi connectivity index (χ0n) is 12.1. The number of nitrogens with one attached hydrogen (secondary N) is 1. The van der Waals surface area contributed by atoms with Gasteiger partial charge in [0.2, 0.25) is 5.95 Å². The molecule has 110 valence electrons. The number of anilines is 2. The van der Waals surface area contributed by atoms with E-state index in [1.807, 2.05) is 14.1 Å². The van der Waals surface area contributed by atoms with E-state index >= 15 is 0 Å². The summed E-state index contributed by atoms with van der Waals surface area (Å²) < 4.78 is 5.54. The van der Waals surface area contributed by atoms with E-state index in [1.165, 1.54) is 4.88 Å². The van der Waals surface area contributed by atoms with Gasteiger partial charge in [0.25, 0.3) is 0 Å². The second-order valence-corrected chi connectivity index (χ2v) is 6.08. The number of aryl methyl sites for hydroxylation is 1. The molecule has 20 heavy (non-hydrogen) atoms. The van der Waals surface area contributed by atoms with E-state index in [0.717, 1.165) is 29.2 Å². The third kappa shape index (κ3) is 4.03. The van der Waals surface area contributed by atoms with Gasteiger partial charge in [-0.1, -0.05) is 0 Å². The summed E-state index contributed by atoms with van der Waals surface area (Å²) in [5.41, 5.74) is 5.73. The highest BCUT2D eigenvalue weighted by atomic mass is 32.1. The highest BCUT2D eigenvalue weighted by Crippen LogP contribution is 2.28. The minimum atomic E-state index is 0.301. The second kappa shape index (κ2) is 6.83. The Balaban J connectivity index is 1.89. The molecule has 2 rings (SSSR count). The molecule has 0 bridgehead atoms. The molecule has 0 spiro atoms. The van der Waals surface area contributed by atoms with Crippen molar-refractivity contribution in [1.82, 2.24) is 14.9 Å². The fraction of sp³-hybridized carbons (Fsp3) is 0.538. The molecule has 3 N–H and O–H groups in total. The molecule has 0 unspecified atom stereocenters. The van der Waals surface area contributed by atoms with Crippen LogP contribution in [0, 0.1) is 6.92 Å². The standard InChI is InChI=1S/C13H21N5OS/c1-9-8-10-11(16-13(14)17-12(10)20-9)15-4-6-19-7-5-18(2)3/h8H,4-7H2,1-3H3,(H3,14,15,16,17). The number of nitrogens with zero attached hydrogens (tertiary/aromatic N) is 3. The molecule has 0 aliphatic carbocycles. The zero-order valence-corrected chi connectivity index (χ0v) is 13.0. The maximum Gasteiger partial charge on any atom is 0.223 e. The molecule has 0 saturated heterocycles. The Morgan fingerprint density at radius 1 is 1.35 bits per heavy atom. The molecule has 0 aromatic carbocycles. The smallest absolute Gasteiger partial charge is 0.223 e. The molecule has 2 heterocycles. The summed E-state index contributed by atoms with van der Waals surface area (Å²) in [6.45, 7) is 5.05. The Kier molecular flexibility index (Phi) is 5.11. The van der Waals surface area contributed by atoms with Crippen LogP contribution in [0.2, 0.25) is 0 Å². The van der Waals surface area contributed by atoms with Gasteiger partial charge in [-0.15, -0.1) is 11.3 Å². The summed E-state index contributed by atoms with van der Waals surface area (Å²) in [5, 5.41) is 4.29. The fourth-order valence-corrected chi connectivity index (χ4v) is 2.67. The first-order valence-corrected chi connectivity index (χ1v) is 7.38.